The lowest BCUT2D eigenvalue weighted by molar-refractivity contribution is 0.780. The van der Waals surface area contributed by atoms with Crippen LogP contribution in [0.4, 0.5) is 5.82 Å². The van der Waals surface area contributed by atoms with E-state index in [2.05, 4.69) is 52.2 Å². The Hall–Kier alpha value is -1.24. The quantitative estimate of drug-likeness (QED) is 0.440. The fourth-order valence-corrected chi connectivity index (χ4v) is 3.80. The van der Waals surface area contributed by atoms with E-state index in [1.165, 1.54) is 9.13 Å². The van der Waals surface area contributed by atoms with E-state index in [1.807, 2.05) is 22.9 Å². The Bertz CT molecular complexity index is 919. The molecule has 0 radical (unpaired) electrons. The average Bonchev–Trinajstić information content (AvgIpc) is 2.80. The molecule has 0 atom stereocenters. The molecule has 0 aliphatic carbocycles. The first-order valence-electron chi connectivity index (χ1n) is 8.20. The molecule has 4 rings (SSSR count). The van der Waals surface area contributed by atoms with Crippen LogP contribution >= 0.6 is 45.8 Å². The molecule has 0 saturated heterocycles. The van der Waals surface area contributed by atoms with Crippen molar-refractivity contribution in [3.63, 3.8) is 0 Å². The summed E-state index contributed by atoms with van der Waals surface area (Å²) >= 11 is 14.6. The third-order valence-electron chi connectivity index (χ3n) is 4.39. The number of rotatable bonds is 2. The van der Waals surface area contributed by atoms with Gasteiger partial charge in [0, 0.05) is 21.2 Å². The maximum atomic E-state index is 6.24. The molecule has 1 aliphatic rings. The molecule has 6 heteroatoms. The van der Waals surface area contributed by atoms with Gasteiger partial charge in [0.05, 0.1) is 21.4 Å². The summed E-state index contributed by atoms with van der Waals surface area (Å²) in [6.45, 7) is 0.962. The Labute approximate surface area is 170 Å². The summed E-state index contributed by atoms with van der Waals surface area (Å²) in [5, 5.41) is 9.60. The summed E-state index contributed by atoms with van der Waals surface area (Å²) in [6, 6.07) is 14.1. The fraction of sp³-hybridized carbons (Fsp3) is 0.211. The number of hydrogen-bond donors (Lipinski definition) is 1. The average molecular weight is 484 g/mol. The fourth-order valence-electron chi connectivity index (χ4n) is 3.15. The molecule has 0 spiro atoms. The number of nitrogens with zero attached hydrogens (tertiary/aromatic N) is 2. The van der Waals surface area contributed by atoms with Crippen LogP contribution in [0.1, 0.15) is 18.4 Å². The maximum Gasteiger partial charge on any atom is 0.133 e. The van der Waals surface area contributed by atoms with Gasteiger partial charge in [0.2, 0.25) is 0 Å². The van der Waals surface area contributed by atoms with Gasteiger partial charge in [-0.3, -0.25) is 0 Å². The van der Waals surface area contributed by atoms with Crippen LogP contribution in [0.3, 0.4) is 0 Å². The van der Waals surface area contributed by atoms with Crippen LogP contribution in [-0.2, 0) is 6.42 Å². The van der Waals surface area contributed by atoms with Crippen molar-refractivity contribution in [1.29, 1.82) is 0 Å². The summed E-state index contributed by atoms with van der Waals surface area (Å²) in [4.78, 5) is 0. The van der Waals surface area contributed by atoms with Crippen molar-refractivity contribution < 1.29 is 0 Å². The zero-order valence-electron chi connectivity index (χ0n) is 13.4. The number of aromatic nitrogens is 2. The van der Waals surface area contributed by atoms with Gasteiger partial charge in [0.25, 0.3) is 0 Å². The van der Waals surface area contributed by atoms with E-state index in [1.54, 1.807) is 0 Å². The lowest BCUT2D eigenvalue weighted by Crippen LogP contribution is -2.07. The summed E-state index contributed by atoms with van der Waals surface area (Å²) in [7, 11) is 0. The van der Waals surface area contributed by atoms with Crippen LogP contribution in [0, 0.1) is 3.57 Å². The van der Waals surface area contributed by atoms with Crippen molar-refractivity contribution >= 4 is 51.6 Å². The monoisotopic (exact) mass is 483 g/mol. The van der Waals surface area contributed by atoms with Crippen LogP contribution in [0.15, 0.2) is 42.5 Å². The smallest absolute Gasteiger partial charge is 0.133 e. The minimum absolute atomic E-state index is 0.554. The summed E-state index contributed by atoms with van der Waals surface area (Å²) in [5.41, 5.74) is 4.27. The number of anilines is 1. The normalized spacial score (nSPS) is 13.9. The highest BCUT2D eigenvalue weighted by atomic mass is 127. The minimum Gasteiger partial charge on any atom is -0.370 e. The molecule has 0 saturated carbocycles. The van der Waals surface area contributed by atoms with Crippen molar-refractivity contribution in [3.8, 4) is 16.9 Å². The van der Waals surface area contributed by atoms with Gasteiger partial charge in [0.1, 0.15) is 5.82 Å². The molecule has 1 aliphatic heterocycles. The Morgan fingerprint density at radius 2 is 1.80 bits per heavy atom. The predicted octanol–water partition coefficient (Wildman–Crippen LogP) is 6.20. The number of fused-ring (bicyclic) bond motifs is 1. The van der Waals surface area contributed by atoms with E-state index in [0.717, 1.165) is 48.6 Å². The topological polar surface area (TPSA) is 29.9 Å². The molecule has 1 N–H and O–H groups in total. The Morgan fingerprint density at radius 3 is 2.56 bits per heavy atom. The second-order valence-electron chi connectivity index (χ2n) is 6.08. The molecule has 2 heterocycles. The second-order valence-corrected chi connectivity index (χ2v) is 8.14. The number of nitrogens with one attached hydrogen (secondary N) is 1. The van der Waals surface area contributed by atoms with Gasteiger partial charge < -0.3 is 5.32 Å². The van der Waals surface area contributed by atoms with Crippen LogP contribution in [0.5, 0.6) is 0 Å². The van der Waals surface area contributed by atoms with Crippen LogP contribution < -0.4 is 5.32 Å². The molecule has 3 nitrogen and oxygen atoms in total. The van der Waals surface area contributed by atoms with Gasteiger partial charge >= 0.3 is 0 Å². The van der Waals surface area contributed by atoms with E-state index in [9.17, 15) is 0 Å². The van der Waals surface area contributed by atoms with Crippen molar-refractivity contribution in [2.24, 2.45) is 0 Å². The molecule has 128 valence electrons. The van der Waals surface area contributed by atoms with E-state index in [-0.39, 0.29) is 0 Å². The first kappa shape index (κ1) is 17.2. The largest absolute Gasteiger partial charge is 0.370 e. The molecule has 3 aromatic rings. The van der Waals surface area contributed by atoms with E-state index < -0.39 is 0 Å². The summed E-state index contributed by atoms with van der Waals surface area (Å²) in [6.07, 6.45) is 3.30. The lowest BCUT2D eigenvalue weighted by Gasteiger charge is -2.09. The van der Waals surface area contributed by atoms with Gasteiger partial charge in [-0.25, -0.2) is 4.68 Å². The first-order chi connectivity index (χ1) is 12.1. The maximum absolute atomic E-state index is 6.24. The molecule has 1 aromatic heterocycles. The molecule has 0 bridgehead atoms. The van der Waals surface area contributed by atoms with Crippen LogP contribution in [0.25, 0.3) is 16.9 Å². The Kier molecular flexibility index (Phi) is 4.93. The highest BCUT2D eigenvalue weighted by molar-refractivity contribution is 14.1. The van der Waals surface area contributed by atoms with Crippen molar-refractivity contribution in [2.75, 3.05) is 11.9 Å². The molecule has 0 unspecified atom stereocenters. The number of halogens is 3. The van der Waals surface area contributed by atoms with Gasteiger partial charge in [0.15, 0.2) is 0 Å². The third-order valence-corrected chi connectivity index (χ3v) is 5.85. The van der Waals surface area contributed by atoms with Crippen LogP contribution in [0.2, 0.25) is 10.0 Å². The standard InChI is InChI=1S/C19H16Cl2IN3/c20-16-9-4-12(11-17(16)21)18-15-3-1-2-10-23-19(15)25(24-18)14-7-5-13(22)6-8-14/h4-9,11,23H,1-3,10H2. The molecule has 2 aromatic carbocycles. The van der Waals surface area contributed by atoms with Gasteiger partial charge in [-0.05, 0) is 78.3 Å². The number of hydrogen-bond acceptors (Lipinski definition) is 2. The lowest BCUT2D eigenvalue weighted by atomic mass is 10.0. The molecule has 0 fully saturated rings. The summed E-state index contributed by atoms with van der Waals surface area (Å²) in [5.74, 6) is 1.08. The van der Waals surface area contributed by atoms with E-state index in [0.29, 0.717) is 10.0 Å². The molecule has 0 amide bonds. The molecular formula is C19H16Cl2IN3. The Balaban J connectivity index is 1.89. The van der Waals surface area contributed by atoms with Gasteiger partial charge in [-0.15, -0.1) is 0 Å². The third kappa shape index (κ3) is 3.39. The van der Waals surface area contributed by atoms with Crippen molar-refractivity contribution in [2.45, 2.75) is 19.3 Å². The highest BCUT2D eigenvalue weighted by Gasteiger charge is 2.22. The summed E-state index contributed by atoms with van der Waals surface area (Å²) < 4.78 is 3.21. The Morgan fingerprint density at radius 1 is 1.00 bits per heavy atom. The molecular weight excluding hydrogens is 468 g/mol. The zero-order chi connectivity index (χ0) is 17.4. The van der Waals surface area contributed by atoms with Crippen molar-refractivity contribution in [1.82, 2.24) is 9.78 Å². The van der Waals surface area contributed by atoms with Gasteiger partial charge in [-0.2, -0.15) is 5.10 Å². The van der Waals surface area contributed by atoms with Crippen LogP contribution in [-0.4, -0.2) is 16.3 Å². The minimum atomic E-state index is 0.554. The van der Waals surface area contributed by atoms with E-state index in [4.69, 9.17) is 28.3 Å². The predicted molar refractivity (Wildman–Crippen MR) is 113 cm³/mol. The second kappa shape index (κ2) is 7.17. The molecule has 25 heavy (non-hydrogen) atoms. The number of benzene rings is 2. The zero-order valence-corrected chi connectivity index (χ0v) is 17.1. The SMILES string of the molecule is Clc1ccc(-c2nn(-c3ccc(I)cc3)c3c2CCCCN3)cc1Cl. The van der Waals surface area contributed by atoms with Gasteiger partial charge in [-0.1, -0.05) is 29.3 Å². The highest BCUT2D eigenvalue weighted by Crippen LogP contribution is 2.36. The van der Waals surface area contributed by atoms with E-state index >= 15 is 0 Å². The first-order valence-corrected chi connectivity index (χ1v) is 10.0. The van der Waals surface area contributed by atoms with Crippen molar-refractivity contribution in [3.05, 3.63) is 61.6 Å².